The number of hydrogen-bond acceptors (Lipinski definition) is 10. The third-order valence-electron chi connectivity index (χ3n) is 5.39. The Bertz CT molecular complexity index is 1300. The van der Waals surface area contributed by atoms with E-state index in [4.69, 9.17) is 30.7 Å². The van der Waals surface area contributed by atoms with E-state index in [-0.39, 0.29) is 10.5 Å². The third-order valence-corrected chi connectivity index (χ3v) is 7.33. The van der Waals surface area contributed by atoms with Gasteiger partial charge in [0, 0.05) is 12.3 Å². The van der Waals surface area contributed by atoms with E-state index in [2.05, 4.69) is 10.1 Å². The first-order valence-electron chi connectivity index (χ1n) is 11.3. The zero-order chi connectivity index (χ0) is 28.3. The lowest BCUT2D eigenvalue weighted by atomic mass is 9.94. The zero-order valence-electron chi connectivity index (χ0n) is 20.6. The summed E-state index contributed by atoms with van der Waals surface area (Å²) in [6, 6.07) is 7.28. The zero-order valence-corrected chi connectivity index (χ0v) is 22.3. The minimum Gasteiger partial charge on any atom is -0.462 e. The van der Waals surface area contributed by atoms with Crippen molar-refractivity contribution >= 4 is 25.9 Å². The lowest BCUT2D eigenvalue weighted by Crippen LogP contribution is -2.52. The van der Waals surface area contributed by atoms with Crippen LogP contribution in [-0.4, -0.2) is 68.7 Å². The Morgan fingerprint density at radius 2 is 1.97 bits per heavy atom. The van der Waals surface area contributed by atoms with E-state index in [0.717, 1.165) is 16.8 Å². The summed E-state index contributed by atoms with van der Waals surface area (Å²) in [5, 5.41) is 23.7. The van der Waals surface area contributed by atoms with Gasteiger partial charge in [0.1, 0.15) is 25.1 Å². The Morgan fingerprint density at radius 3 is 2.55 bits per heavy atom. The van der Waals surface area contributed by atoms with E-state index in [0.29, 0.717) is 0 Å². The van der Waals surface area contributed by atoms with Crippen LogP contribution in [0.5, 0.6) is 5.75 Å². The molecule has 1 aromatic heterocycles. The Morgan fingerprint density at radius 1 is 1.32 bits per heavy atom. The van der Waals surface area contributed by atoms with Crippen LogP contribution in [-0.2, 0) is 23.4 Å². The highest BCUT2D eigenvalue weighted by Gasteiger charge is 2.66. The van der Waals surface area contributed by atoms with Crippen molar-refractivity contribution in [1.29, 1.82) is 0 Å². The molecule has 0 saturated carbocycles. The number of aliphatic hydroxyl groups excluding tert-OH is 1. The number of rotatable bonds is 11. The summed E-state index contributed by atoms with van der Waals surface area (Å²) >= 11 is 4.98. The molecule has 0 bridgehead atoms. The minimum atomic E-state index is -4.61. The summed E-state index contributed by atoms with van der Waals surface area (Å²) in [5.74, 6) is -4.15. The van der Waals surface area contributed by atoms with Gasteiger partial charge in [0.15, 0.2) is 22.7 Å². The summed E-state index contributed by atoms with van der Waals surface area (Å²) in [5.41, 5.74) is -3.51. The van der Waals surface area contributed by atoms with Crippen LogP contribution in [0.2, 0.25) is 0 Å². The number of nitrogens with zero attached hydrogens (tertiary/aromatic N) is 1. The monoisotopic (exact) mass is 579 g/mol. The largest absolute Gasteiger partial charge is 0.462 e. The second kappa shape index (κ2) is 11.7. The standard InChI is InChI=1S/C22H28F2N3O9PS/c1-13(2)34-17(29)14(3)26-37(32,36-15-7-5-4-6-8-15)33-12-22(24)18(30)21(31,11-23)19(35-22)27-10-9-16(28)25-20(27)38/h4-10,13-14,18-19,30-31H,11-12H2,1-3H3,(H,26,32)(H,25,28,38)/t14-,18?,19+,21+,22+,37?/m0/s1. The molecule has 1 saturated heterocycles. The van der Waals surface area contributed by atoms with Gasteiger partial charge in [0.2, 0.25) is 0 Å². The van der Waals surface area contributed by atoms with Crippen molar-refractivity contribution in [2.24, 2.45) is 0 Å². The summed E-state index contributed by atoms with van der Waals surface area (Å²) in [6.45, 7) is 1.46. The summed E-state index contributed by atoms with van der Waals surface area (Å²) < 4.78 is 64.9. The number of aliphatic hydroxyl groups is 2. The van der Waals surface area contributed by atoms with Gasteiger partial charge < -0.3 is 24.2 Å². The maximum Gasteiger partial charge on any atom is 0.459 e. The van der Waals surface area contributed by atoms with E-state index in [1.807, 2.05) is 0 Å². The Labute approximate surface area is 221 Å². The Balaban J connectivity index is 1.89. The fourth-order valence-corrected chi connectivity index (χ4v) is 5.29. The van der Waals surface area contributed by atoms with Crippen LogP contribution in [0.4, 0.5) is 8.78 Å². The number of para-hydroxylation sites is 1. The molecule has 4 N–H and O–H groups in total. The normalized spacial score (nSPS) is 27.6. The highest BCUT2D eigenvalue weighted by Crippen LogP contribution is 2.50. The fourth-order valence-electron chi connectivity index (χ4n) is 3.53. The number of nitrogens with one attached hydrogen (secondary N) is 2. The molecule has 0 radical (unpaired) electrons. The van der Waals surface area contributed by atoms with Crippen molar-refractivity contribution in [2.75, 3.05) is 13.3 Å². The first-order chi connectivity index (χ1) is 17.7. The summed E-state index contributed by atoms with van der Waals surface area (Å²) in [6.07, 6.45) is -4.01. The van der Waals surface area contributed by atoms with Gasteiger partial charge in [-0.15, -0.1) is 0 Å². The molecule has 16 heteroatoms. The number of alkyl halides is 2. The number of esters is 1. The molecule has 2 heterocycles. The quantitative estimate of drug-likeness (QED) is 0.176. The third kappa shape index (κ3) is 6.54. The second-order valence-electron chi connectivity index (χ2n) is 8.81. The van der Waals surface area contributed by atoms with E-state index in [1.165, 1.54) is 19.1 Å². The number of benzene rings is 1. The SMILES string of the molecule is CC(C)OC(=O)[C@H](C)NP(=O)(OC[C@@]1(F)O[C@@H](n2ccc(=O)[nH]c2=S)[C@@](O)(CF)C1O)Oc1ccccc1. The van der Waals surface area contributed by atoms with Crippen LogP contribution in [0.1, 0.15) is 27.0 Å². The Kier molecular flexibility index (Phi) is 9.24. The molecule has 210 valence electrons. The number of hydrogen-bond donors (Lipinski definition) is 4. The van der Waals surface area contributed by atoms with Crippen molar-refractivity contribution in [3.05, 3.63) is 57.7 Å². The first kappa shape index (κ1) is 30.0. The Hall–Kier alpha value is -2.52. The van der Waals surface area contributed by atoms with Crippen molar-refractivity contribution < 1.29 is 46.9 Å². The molecule has 0 aliphatic carbocycles. The number of H-pyrrole nitrogens is 1. The lowest BCUT2D eigenvalue weighted by Gasteiger charge is -2.29. The maximum atomic E-state index is 15.9. The summed E-state index contributed by atoms with van der Waals surface area (Å²) in [4.78, 5) is 26.0. The molecule has 1 aliphatic rings. The van der Waals surface area contributed by atoms with E-state index < -0.39 is 68.5 Å². The number of aromatic nitrogens is 2. The molecular formula is C22H28F2N3O9PS. The predicted octanol–water partition coefficient (Wildman–Crippen LogP) is 2.30. The van der Waals surface area contributed by atoms with Crippen LogP contribution in [0, 0.1) is 4.77 Å². The van der Waals surface area contributed by atoms with E-state index >= 15 is 4.39 Å². The topological polar surface area (TPSA) is 161 Å². The molecule has 1 fully saturated rings. The number of halogens is 2. The first-order valence-corrected chi connectivity index (χ1v) is 13.3. The van der Waals surface area contributed by atoms with Crippen molar-refractivity contribution in [3.8, 4) is 5.75 Å². The average Bonchev–Trinajstić information content (AvgIpc) is 3.05. The molecule has 3 rings (SSSR count). The van der Waals surface area contributed by atoms with Gasteiger partial charge in [-0.05, 0) is 45.1 Å². The minimum absolute atomic E-state index is 0.0197. The van der Waals surface area contributed by atoms with Gasteiger partial charge in [-0.1, -0.05) is 18.2 Å². The molecule has 0 spiro atoms. The number of ether oxygens (including phenoxy) is 2. The lowest BCUT2D eigenvalue weighted by molar-refractivity contribution is -0.203. The van der Waals surface area contributed by atoms with Gasteiger partial charge in [-0.2, -0.15) is 5.09 Å². The van der Waals surface area contributed by atoms with E-state index in [9.17, 15) is 28.8 Å². The van der Waals surface area contributed by atoms with Gasteiger partial charge in [-0.25, -0.2) is 13.3 Å². The number of carbonyl (C=O) groups excluding carboxylic acids is 1. The highest BCUT2D eigenvalue weighted by atomic mass is 32.1. The van der Waals surface area contributed by atoms with Crippen molar-refractivity contribution in [2.45, 2.75) is 56.7 Å². The fraction of sp³-hybridized carbons (Fsp3) is 0.500. The molecule has 2 aromatic rings. The van der Waals surface area contributed by atoms with Crippen molar-refractivity contribution in [1.82, 2.24) is 14.6 Å². The van der Waals surface area contributed by atoms with E-state index in [1.54, 1.807) is 32.0 Å². The van der Waals surface area contributed by atoms with Gasteiger partial charge in [0.05, 0.1) is 6.10 Å². The van der Waals surface area contributed by atoms with Crippen LogP contribution in [0.15, 0.2) is 47.4 Å². The molecule has 38 heavy (non-hydrogen) atoms. The molecular weight excluding hydrogens is 551 g/mol. The van der Waals surface area contributed by atoms with Crippen LogP contribution in [0.3, 0.4) is 0 Å². The second-order valence-corrected chi connectivity index (χ2v) is 10.9. The average molecular weight is 580 g/mol. The van der Waals surface area contributed by atoms with Gasteiger partial charge in [0.25, 0.3) is 11.4 Å². The predicted molar refractivity (Wildman–Crippen MR) is 131 cm³/mol. The van der Waals surface area contributed by atoms with Crippen LogP contribution < -0.4 is 15.2 Å². The molecule has 2 unspecified atom stereocenters. The molecule has 12 nitrogen and oxygen atoms in total. The number of carbonyl (C=O) groups is 1. The molecule has 6 atom stereocenters. The maximum absolute atomic E-state index is 15.9. The van der Waals surface area contributed by atoms with Crippen LogP contribution >= 0.6 is 20.0 Å². The summed E-state index contributed by atoms with van der Waals surface area (Å²) in [7, 11) is -4.61. The molecule has 0 amide bonds. The van der Waals surface area contributed by atoms with Crippen molar-refractivity contribution in [3.63, 3.8) is 0 Å². The van der Waals surface area contributed by atoms with Gasteiger partial charge in [-0.3, -0.25) is 23.7 Å². The molecule has 1 aromatic carbocycles. The smallest absolute Gasteiger partial charge is 0.459 e. The number of aromatic amines is 1. The molecule has 1 aliphatic heterocycles. The highest BCUT2D eigenvalue weighted by molar-refractivity contribution is 7.71. The van der Waals surface area contributed by atoms with Crippen LogP contribution in [0.25, 0.3) is 0 Å². The van der Waals surface area contributed by atoms with Gasteiger partial charge >= 0.3 is 13.7 Å².